The molecule has 3 nitrogen and oxygen atoms in total. The Labute approximate surface area is 104 Å². The number of phenols is 1. The lowest BCUT2D eigenvalue weighted by Crippen LogP contribution is -2.22. The van der Waals surface area contributed by atoms with E-state index in [1.807, 2.05) is 33.0 Å². The van der Waals surface area contributed by atoms with Crippen LogP contribution in [-0.2, 0) is 6.54 Å². The van der Waals surface area contributed by atoms with Gasteiger partial charge in [0.1, 0.15) is 5.75 Å². The lowest BCUT2D eigenvalue weighted by molar-refractivity contribution is 0.162. The first-order chi connectivity index (χ1) is 7.90. The fourth-order valence-electron chi connectivity index (χ4n) is 1.76. The van der Waals surface area contributed by atoms with Gasteiger partial charge in [-0.25, -0.2) is 0 Å². The quantitative estimate of drug-likeness (QED) is 0.825. The van der Waals surface area contributed by atoms with Gasteiger partial charge in [0.2, 0.25) is 0 Å². The van der Waals surface area contributed by atoms with Crippen molar-refractivity contribution < 1.29 is 10.2 Å². The molecule has 2 N–H and O–H groups in total. The number of phenolic OH excluding ortho intramolecular Hbond substituents is 1. The molecule has 0 bridgehead atoms. The van der Waals surface area contributed by atoms with E-state index in [-0.39, 0.29) is 6.10 Å². The number of hydrogen-bond donors (Lipinski definition) is 2. The van der Waals surface area contributed by atoms with Gasteiger partial charge in [-0.2, -0.15) is 0 Å². The van der Waals surface area contributed by atoms with Gasteiger partial charge in [-0.05, 0) is 51.4 Å². The zero-order valence-electron chi connectivity index (χ0n) is 11.2. The summed E-state index contributed by atoms with van der Waals surface area (Å²) in [6.45, 7) is 7.37. The second kappa shape index (κ2) is 6.03. The van der Waals surface area contributed by atoms with Crippen molar-refractivity contribution in [2.45, 2.75) is 39.8 Å². The molecule has 0 aliphatic rings. The van der Waals surface area contributed by atoms with Crippen molar-refractivity contribution in [1.29, 1.82) is 0 Å². The standard InChI is InChI=1S/C14H23NO2/c1-10-7-13(14(17)8-11(10)2)9-15(4)6-5-12(3)16/h7-8,12,16-17H,5-6,9H2,1-4H3. The molecule has 1 rings (SSSR count). The summed E-state index contributed by atoms with van der Waals surface area (Å²) in [5, 5.41) is 19.1. The summed E-state index contributed by atoms with van der Waals surface area (Å²) >= 11 is 0. The van der Waals surface area contributed by atoms with Crippen molar-refractivity contribution in [3.63, 3.8) is 0 Å². The van der Waals surface area contributed by atoms with Gasteiger partial charge >= 0.3 is 0 Å². The molecular weight excluding hydrogens is 214 g/mol. The van der Waals surface area contributed by atoms with Gasteiger partial charge in [0.15, 0.2) is 0 Å². The maximum Gasteiger partial charge on any atom is 0.120 e. The Bertz CT molecular complexity index is 375. The number of aryl methyl sites for hydroxylation is 2. The number of aliphatic hydroxyl groups is 1. The molecule has 96 valence electrons. The Balaban J connectivity index is 2.65. The molecule has 0 radical (unpaired) electrons. The number of aromatic hydroxyl groups is 1. The van der Waals surface area contributed by atoms with Gasteiger partial charge in [0, 0.05) is 18.7 Å². The van der Waals surface area contributed by atoms with Crippen LogP contribution in [0.2, 0.25) is 0 Å². The third-order valence-corrected chi connectivity index (χ3v) is 3.06. The minimum Gasteiger partial charge on any atom is -0.508 e. The van der Waals surface area contributed by atoms with E-state index in [2.05, 4.69) is 4.90 Å². The Morgan fingerprint density at radius 1 is 1.24 bits per heavy atom. The highest BCUT2D eigenvalue weighted by Gasteiger charge is 2.08. The van der Waals surface area contributed by atoms with Crippen LogP contribution < -0.4 is 0 Å². The van der Waals surface area contributed by atoms with Crippen molar-refractivity contribution >= 4 is 0 Å². The predicted molar refractivity (Wildman–Crippen MR) is 70.2 cm³/mol. The number of rotatable bonds is 5. The van der Waals surface area contributed by atoms with E-state index in [9.17, 15) is 10.2 Å². The summed E-state index contributed by atoms with van der Waals surface area (Å²) in [4.78, 5) is 2.11. The zero-order chi connectivity index (χ0) is 13.0. The van der Waals surface area contributed by atoms with Crippen LogP contribution in [0, 0.1) is 13.8 Å². The Kier molecular flexibility index (Phi) is 4.97. The predicted octanol–water partition coefficient (Wildman–Crippen LogP) is 2.21. The molecule has 0 heterocycles. The fraction of sp³-hybridized carbons (Fsp3) is 0.571. The normalized spacial score (nSPS) is 13.1. The molecule has 0 aliphatic carbocycles. The topological polar surface area (TPSA) is 43.7 Å². The first-order valence-electron chi connectivity index (χ1n) is 6.06. The van der Waals surface area contributed by atoms with Crippen LogP contribution in [0.15, 0.2) is 12.1 Å². The molecule has 1 atom stereocenters. The molecule has 1 aromatic carbocycles. The summed E-state index contributed by atoms with van der Waals surface area (Å²) in [6.07, 6.45) is 0.480. The summed E-state index contributed by atoms with van der Waals surface area (Å²) in [6, 6.07) is 3.84. The Hall–Kier alpha value is -1.06. The summed E-state index contributed by atoms with van der Waals surface area (Å²) in [5.74, 6) is 0.358. The minimum atomic E-state index is -0.272. The summed E-state index contributed by atoms with van der Waals surface area (Å²) in [7, 11) is 2.00. The smallest absolute Gasteiger partial charge is 0.120 e. The molecule has 17 heavy (non-hydrogen) atoms. The summed E-state index contributed by atoms with van der Waals surface area (Å²) < 4.78 is 0. The SMILES string of the molecule is Cc1cc(O)c(CN(C)CCC(C)O)cc1C. The Morgan fingerprint density at radius 3 is 2.41 bits per heavy atom. The second-order valence-electron chi connectivity index (χ2n) is 4.94. The van der Waals surface area contributed by atoms with Gasteiger partial charge in [-0.3, -0.25) is 0 Å². The number of benzene rings is 1. The maximum absolute atomic E-state index is 9.87. The van der Waals surface area contributed by atoms with Crippen molar-refractivity contribution in [2.75, 3.05) is 13.6 Å². The minimum absolute atomic E-state index is 0.272. The highest BCUT2D eigenvalue weighted by atomic mass is 16.3. The van der Waals surface area contributed by atoms with Gasteiger partial charge < -0.3 is 15.1 Å². The van der Waals surface area contributed by atoms with Crippen LogP contribution >= 0.6 is 0 Å². The molecular formula is C14H23NO2. The van der Waals surface area contributed by atoms with Gasteiger partial charge in [0.05, 0.1) is 6.10 Å². The molecule has 0 aliphatic heterocycles. The van der Waals surface area contributed by atoms with E-state index in [4.69, 9.17) is 0 Å². The fourth-order valence-corrected chi connectivity index (χ4v) is 1.76. The maximum atomic E-state index is 9.87. The van der Waals surface area contributed by atoms with Crippen molar-refractivity contribution in [3.8, 4) is 5.75 Å². The number of hydrogen-bond acceptors (Lipinski definition) is 3. The van der Waals surface area contributed by atoms with Crippen molar-refractivity contribution in [3.05, 3.63) is 28.8 Å². The molecule has 1 unspecified atom stereocenters. The molecule has 0 saturated heterocycles. The lowest BCUT2D eigenvalue weighted by atomic mass is 10.0. The molecule has 0 fully saturated rings. The average Bonchev–Trinajstić information content (AvgIpc) is 2.23. The highest BCUT2D eigenvalue weighted by molar-refractivity contribution is 5.40. The van der Waals surface area contributed by atoms with Crippen molar-refractivity contribution in [2.24, 2.45) is 0 Å². The average molecular weight is 237 g/mol. The third kappa shape index (κ3) is 4.36. The molecule has 0 amide bonds. The van der Waals surface area contributed by atoms with E-state index in [0.717, 1.165) is 24.1 Å². The third-order valence-electron chi connectivity index (χ3n) is 3.06. The van der Waals surface area contributed by atoms with Crippen LogP contribution in [0.4, 0.5) is 0 Å². The molecule has 3 heteroatoms. The number of aliphatic hydroxyl groups excluding tert-OH is 1. The van der Waals surface area contributed by atoms with Gasteiger partial charge in [-0.1, -0.05) is 6.07 Å². The summed E-state index contributed by atoms with van der Waals surface area (Å²) in [5.41, 5.74) is 3.25. The first-order valence-corrected chi connectivity index (χ1v) is 6.06. The van der Waals surface area contributed by atoms with Crippen LogP contribution in [0.3, 0.4) is 0 Å². The van der Waals surface area contributed by atoms with Gasteiger partial charge in [-0.15, -0.1) is 0 Å². The van der Waals surface area contributed by atoms with E-state index < -0.39 is 0 Å². The van der Waals surface area contributed by atoms with E-state index in [1.54, 1.807) is 6.92 Å². The highest BCUT2D eigenvalue weighted by Crippen LogP contribution is 2.22. The monoisotopic (exact) mass is 237 g/mol. The van der Waals surface area contributed by atoms with Crippen LogP contribution in [0.1, 0.15) is 30.0 Å². The van der Waals surface area contributed by atoms with E-state index in [0.29, 0.717) is 12.3 Å². The van der Waals surface area contributed by atoms with Crippen LogP contribution in [0.25, 0.3) is 0 Å². The number of nitrogens with zero attached hydrogens (tertiary/aromatic N) is 1. The van der Waals surface area contributed by atoms with Crippen LogP contribution in [-0.4, -0.2) is 34.8 Å². The van der Waals surface area contributed by atoms with Crippen molar-refractivity contribution in [1.82, 2.24) is 4.90 Å². The van der Waals surface area contributed by atoms with E-state index >= 15 is 0 Å². The largest absolute Gasteiger partial charge is 0.508 e. The van der Waals surface area contributed by atoms with E-state index in [1.165, 1.54) is 5.56 Å². The molecule has 0 spiro atoms. The zero-order valence-corrected chi connectivity index (χ0v) is 11.2. The van der Waals surface area contributed by atoms with Crippen LogP contribution in [0.5, 0.6) is 5.75 Å². The first kappa shape index (κ1) is 14.0. The second-order valence-corrected chi connectivity index (χ2v) is 4.94. The molecule has 1 aromatic rings. The Morgan fingerprint density at radius 2 is 1.82 bits per heavy atom. The van der Waals surface area contributed by atoms with Gasteiger partial charge in [0.25, 0.3) is 0 Å². The lowest BCUT2D eigenvalue weighted by Gasteiger charge is -2.19. The molecule has 0 saturated carbocycles. The molecule has 0 aromatic heterocycles.